The lowest BCUT2D eigenvalue weighted by Gasteiger charge is -2.42. The number of nitrogens with one attached hydrogen (secondary N) is 1. The molecule has 1 aromatic rings. The molecule has 1 unspecified atom stereocenters. The minimum atomic E-state index is 0.442. The molecule has 0 bridgehead atoms. The molecule has 2 heteroatoms. The van der Waals surface area contributed by atoms with Crippen LogP contribution in [0.25, 0.3) is 0 Å². The van der Waals surface area contributed by atoms with E-state index in [4.69, 9.17) is 0 Å². The van der Waals surface area contributed by atoms with Crippen molar-refractivity contribution in [1.82, 2.24) is 5.32 Å². The molecular weight excluding hydrogens is 202 g/mol. The van der Waals surface area contributed by atoms with Gasteiger partial charge >= 0.3 is 0 Å². The van der Waals surface area contributed by atoms with E-state index in [1.807, 2.05) is 11.3 Å². The summed E-state index contributed by atoms with van der Waals surface area (Å²) in [4.78, 5) is 1.51. The van der Waals surface area contributed by atoms with Crippen molar-refractivity contribution in [3.05, 3.63) is 22.4 Å². The molecule has 84 valence electrons. The van der Waals surface area contributed by atoms with Crippen molar-refractivity contribution in [3.63, 3.8) is 0 Å². The standard InChI is InChI=1S/C13H21NS/c1-3-11(10-12-6-4-9-15-12)14-13(2)7-5-8-13/h4,6,9,11,14H,3,5,7-8,10H2,1-2H3. The topological polar surface area (TPSA) is 12.0 Å². The first-order chi connectivity index (χ1) is 7.22. The zero-order valence-corrected chi connectivity index (χ0v) is 10.6. The molecule has 0 aliphatic heterocycles. The second kappa shape index (κ2) is 4.67. The van der Waals surface area contributed by atoms with Crippen LogP contribution in [0.4, 0.5) is 0 Å². The normalized spacial score (nSPS) is 20.9. The molecule has 0 spiro atoms. The third kappa shape index (κ3) is 2.82. The predicted octanol–water partition coefficient (Wildman–Crippen LogP) is 3.60. The Morgan fingerprint density at radius 1 is 1.53 bits per heavy atom. The van der Waals surface area contributed by atoms with Gasteiger partial charge in [-0.1, -0.05) is 13.0 Å². The van der Waals surface area contributed by atoms with Crippen molar-refractivity contribution in [2.75, 3.05) is 0 Å². The maximum absolute atomic E-state index is 3.82. The van der Waals surface area contributed by atoms with E-state index in [0.717, 1.165) is 0 Å². The Balaban J connectivity index is 1.87. The van der Waals surface area contributed by atoms with Crippen LogP contribution in [-0.4, -0.2) is 11.6 Å². The Bertz CT molecular complexity index is 287. The van der Waals surface area contributed by atoms with Crippen LogP contribution >= 0.6 is 11.3 Å². The summed E-state index contributed by atoms with van der Waals surface area (Å²) in [6.07, 6.45) is 6.54. The van der Waals surface area contributed by atoms with E-state index in [0.29, 0.717) is 11.6 Å². The highest BCUT2D eigenvalue weighted by Gasteiger charge is 2.32. The molecule has 0 aromatic carbocycles. The first-order valence-electron chi connectivity index (χ1n) is 6.02. The largest absolute Gasteiger partial charge is 0.308 e. The van der Waals surface area contributed by atoms with Crippen molar-refractivity contribution >= 4 is 11.3 Å². The number of thiophene rings is 1. The Labute approximate surface area is 96.9 Å². The van der Waals surface area contributed by atoms with Crippen molar-refractivity contribution < 1.29 is 0 Å². The van der Waals surface area contributed by atoms with Gasteiger partial charge in [0.05, 0.1) is 0 Å². The van der Waals surface area contributed by atoms with E-state index in [2.05, 4.69) is 36.7 Å². The third-order valence-corrected chi connectivity index (χ3v) is 4.43. The van der Waals surface area contributed by atoms with Gasteiger partial charge in [0.25, 0.3) is 0 Å². The summed E-state index contributed by atoms with van der Waals surface area (Å²) < 4.78 is 0. The summed E-state index contributed by atoms with van der Waals surface area (Å²) >= 11 is 1.88. The number of rotatable bonds is 5. The van der Waals surface area contributed by atoms with Crippen molar-refractivity contribution in [1.29, 1.82) is 0 Å². The lowest BCUT2D eigenvalue weighted by Crippen LogP contribution is -2.53. The van der Waals surface area contributed by atoms with E-state index in [1.165, 1.54) is 37.0 Å². The average molecular weight is 223 g/mol. The predicted molar refractivity (Wildman–Crippen MR) is 67.5 cm³/mol. The average Bonchev–Trinajstić information content (AvgIpc) is 2.67. The van der Waals surface area contributed by atoms with E-state index in [1.54, 1.807) is 0 Å². The van der Waals surface area contributed by atoms with Gasteiger partial charge in [0.1, 0.15) is 0 Å². The summed E-state index contributed by atoms with van der Waals surface area (Å²) in [5, 5.41) is 6.00. The summed E-state index contributed by atoms with van der Waals surface area (Å²) in [6.45, 7) is 4.65. The Kier molecular flexibility index (Phi) is 3.47. The number of hydrogen-bond acceptors (Lipinski definition) is 2. The quantitative estimate of drug-likeness (QED) is 0.804. The summed E-state index contributed by atoms with van der Waals surface area (Å²) in [5.41, 5.74) is 0.442. The van der Waals surface area contributed by atoms with E-state index >= 15 is 0 Å². The Morgan fingerprint density at radius 2 is 2.33 bits per heavy atom. The zero-order valence-electron chi connectivity index (χ0n) is 9.75. The van der Waals surface area contributed by atoms with Gasteiger partial charge in [-0.05, 0) is 50.5 Å². The maximum Gasteiger partial charge on any atom is 0.0156 e. The van der Waals surface area contributed by atoms with E-state index in [-0.39, 0.29) is 0 Å². The van der Waals surface area contributed by atoms with Gasteiger partial charge in [-0.15, -0.1) is 11.3 Å². The molecule has 0 radical (unpaired) electrons. The van der Waals surface area contributed by atoms with E-state index in [9.17, 15) is 0 Å². The minimum absolute atomic E-state index is 0.442. The summed E-state index contributed by atoms with van der Waals surface area (Å²) in [7, 11) is 0. The lowest BCUT2D eigenvalue weighted by molar-refractivity contribution is 0.182. The molecule has 1 saturated carbocycles. The van der Waals surface area contributed by atoms with Crippen molar-refractivity contribution in [2.24, 2.45) is 0 Å². The molecule has 1 N–H and O–H groups in total. The molecule has 1 aliphatic rings. The highest BCUT2D eigenvalue weighted by Crippen LogP contribution is 2.32. The Hall–Kier alpha value is -0.340. The van der Waals surface area contributed by atoms with Gasteiger partial charge in [-0.2, -0.15) is 0 Å². The molecule has 1 nitrogen and oxygen atoms in total. The monoisotopic (exact) mass is 223 g/mol. The Morgan fingerprint density at radius 3 is 2.80 bits per heavy atom. The van der Waals surface area contributed by atoms with Gasteiger partial charge < -0.3 is 5.32 Å². The van der Waals surface area contributed by atoms with Gasteiger partial charge in [0.15, 0.2) is 0 Å². The first kappa shape index (κ1) is 11.2. The lowest BCUT2D eigenvalue weighted by atomic mass is 9.78. The van der Waals surface area contributed by atoms with Gasteiger partial charge in [-0.25, -0.2) is 0 Å². The summed E-state index contributed by atoms with van der Waals surface area (Å²) in [6, 6.07) is 5.06. The van der Waals surface area contributed by atoms with E-state index < -0.39 is 0 Å². The smallest absolute Gasteiger partial charge is 0.0156 e. The molecule has 1 fully saturated rings. The van der Waals surface area contributed by atoms with Crippen molar-refractivity contribution in [3.8, 4) is 0 Å². The van der Waals surface area contributed by atoms with Crippen LogP contribution in [0.15, 0.2) is 17.5 Å². The van der Waals surface area contributed by atoms with Gasteiger partial charge in [0.2, 0.25) is 0 Å². The van der Waals surface area contributed by atoms with Gasteiger partial charge in [0, 0.05) is 16.5 Å². The second-order valence-electron chi connectivity index (χ2n) is 4.95. The van der Waals surface area contributed by atoms with Gasteiger partial charge in [-0.3, -0.25) is 0 Å². The van der Waals surface area contributed by atoms with Crippen LogP contribution in [0.2, 0.25) is 0 Å². The minimum Gasteiger partial charge on any atom is -0.308 e. The van der Waals surface area contributed by atoms with Crippen LogP contribution in [-0.2, 0) is 6.42 Å². The molecule has 1 aromatic heterocycles. The zero-order chi connectivity index (χ0) is 10.7. The molecule has 1 heterocycles. The first-order valence-corrected chi connectivity index (χ1v) is 6.90. The molecule has 0 saturated heterocycles. The fourth-order valence-electron chi connectivity index (χ4n) is 2.31. The second-order valence-corrected chi connectivity index (χ2v) is 5.98. The van der Waals surface area contributed by atoms with Crippen LogP contribution < -0.4 is 5.32 Å². The van der Waals surface area contributed by atoms with Crippen LogP contribution in [0.5, 0.6) is 0 Å². The summed E-state index contributed by atoms with van der Waals surface area (Å²) in [5.74, 6) is 0. The SMILES string of the molecule is CCC(Cc1cccs1)NC1(C)CCC1. The molecule has 2 rings (SSSR count). The maximum atomic E-state index is 3.82. The van der Waals surface area contributed by atoms with Crippen molar-refractivity contribution in [2.45, 2.75) is 57.5 Å². The van der Waals surface area contributed by atoms with Crippen LogP contribution in [0.1, 0.15) is 44.4 Å². The van der Waals surface area contributed by atoms with Crippen LogP contribution in [0, 0.1) is 0 Å². The molecule has 1 atom stereocenters. The highest BCUT2D eigenvalue weighted by molar-refractivity contribution is 7.09. The third-order valence-electron chi connectivity index (χ3n) is 3.53. The van der Waals surface area contributed by atoms with Crippen LogP contribution in [0.3, 0.4) is 0 Å². The fraction of sp³-hybridized carbons (Fsp3) is 0.692. The number of hydrogen-bond donors (Lipinski definition) is 1. The molecular formula is C13H21NS. The fourth-order valence-corrected chi connectivity index (χ4v) is 3.10. The molecule has 1 aliphatic carbocycles. The molecule has 15 heavy (non-hydrogen) atoms. The molecule has 0 amide bonds. The highest BCUT2D eigenvalue weighted by atomic mass is 32.1.